The Morgan fingerprint density at radius 1 is 1.41 bits per heavy atom. The minimum absolute atomic E-state index is 0.0491. The van der Waals surface area contributed by atoms with Gasteiger partial charge in [0.2, 0.25) is 0 Å². The Hall–Kier alpha value is -1.57. The molecule has 0 spiro atoms. The number of nitrogens with zero attached hydrogens (tertiary/aromatic N) is 1. The van der Waals surface area contributed by atoms with Crippen molar-refractivity contribution >= 4 is 0 Å². The average molecular weight is 252 g/mol. The van der Waals surface area contributed by atoms with Gasteiger partial charge in [-0.1, -0.05) is 0 Å². The van der Waals surface area contributed by atoms with E-state index in [9.17, 15) is 22.8 Å². The van der Waals surface area contributed by atoms with Crippen LogP contribution in [-0.4, -0.2) is 28.9 Å². The van der Waals surface area contributed by atoms with Crippen molar-refractivity contribution in [3.63, 3.8) is 0 Å². The van der Waals surface area contributed by atoms with Gasteiger partial charge in [-0.05, 0) is 6.92 Å². The highest BCUT2D eigenvalue weighted by atomic mass is 19.4. The molecule has 0 aliphatic rings. The van der Waals surface area contributed by atoms with E-state index in [0.717, 1.165) is 4.57 Å². The van der Waals surface area contributed by atoms with Gasteiger partial charge in [-0.25, -0.2) is 4.79 Å². The van der Waals surface area contributed by atoms with E-state index in [1.807, 2.05) is 4.98 Å². The van der Waals surface area contributed by atoms with Gasteiger partial charge in [-0.3, -0.25) is 14.3 Å². The first-order valence-electron chi connectivity index (χ1n) is 4.74. The van der Waals surface area contributed by atoms with E-state index in [0.29, 0.717) is 5.56 Å². The topological polar surface area (TPSA) is 64.1 Å². The molecular formula is C9H11F3N2O3. The summed E-state index contributed by atoms with van der Waals surface area (Å²) in [7, 11) is 0. The molecule has 1 rings (SSSR count). The van der Waals surface area contributed by atoms with E-state index < -0.39 is 24.0 Å². The van der Waals surface area contributed by atoms with Crippen molar-refractivity contribution in [2.45, 2.75) is 19.6 Å². The van der Waals surface area contributed by atoms with Crippen molar-refractivity contribution in [1.29, 1.82) is 0 Å². The third kappa shape index (κ3) is 4.43. The van der Waals surface area contributed by atoms with Gasteiger partial charge in [-0.15, -0.1) is 0 Å². The number of nitrogens with one attached hydrogen (secondary N) is 1. The molecule has 0 saturated carbocycles. The molecular weight excluding hydrogens is 241 g/mol. The number of hydrogen-bond donors (Lipinski definition) is 1. The van der Waals surface area contributed by atoms with Crippen LogP contribution in [0, 0.1) is 6.92 Å². The SMILES string of the molecule is Cc1cn(CCOCC(F)(F)F)c(=O)[nH]c1=O. The van der Waals surface area contributed by atoms with E-state index in [1.54, 1.807) is 0 Å². The largest absolute Gasteiger partial charge is 0.411 e. The van der Waals surface area contributed by atoms with Crippen LogP contribution < -0.4 is 11.2 Å². The number of aryl methyl sites for hydroxylation is 1. The number of hydrogen-bond acceptors (Lipinski definition) is 3. The molecule has 0 amide bonds. The molecule has 5 nitrogen and oxygen atoms in total. The van der Waals surface area contributed by atoms with Crippen LogP contribution in [0.3, 0.4) is 0 Å². The molecule has 17 heavy (non-hydrogen) atoms. The molecule has 0 aliphatic carbocycles. The number of rotatable bonds is 4. The van der Waals surface area contributed by atoms with Gasteiger partial charge in [0.15, 0.2) is 0 Å². The first-order chi connectivity index (χ1) is 7.79. The van der Waals surface area contributed by atoms with Gasteiger partial charge in [0.25, 0.3) is 5.56 Å². The minimum atomic E-state index is -4.38. The Morgan fingerprint density at radius 2 is 2.06 bits per heavy atom. The Labute approximate surface area is 93.8 Å². The lowest BCUT2D eigenvalue weighted by molar-refractivity contribution is -0.174. The number of H-pyrrole nitrogens is 1. The maximum absolute atomic E-state index is 11.7. The van der Waals surface area contributed by atoms with Crippen molar-refractivity contribution in [2.75, 3.05) is 13.2 Å². The van der Waals surface area contributed by atoms with Gasteiger partial charge in [0, 0.05) is 11.8 Å². The van der Waals surface area contributed by atoms with Crippen LogP contribution in [0.5, 0.6) is 0 Å². The number of aromatic nitrogens is 2. The normalized spacial score (nSPS) is 11.8. The predicted molar refractivity (Wildman–Crippen MR) is 52.9 cm³/mol. The number of aromatic amines is 1. The molecule has 0 radical (unpaired) electrons. The summed E-state index contributed by atoms with van der Waals surface area (Å²) in [5.74, 6) is 0. The van der Waals surface area contributed by atoms with Crippen molar-refractivity contribution in [1.82, 2.24) is 9.55 Å². The molecule has 0 fully saturated rings. The van der Waals surface area contributed by atoms with E-state index in [2.05, 4.69) is 4.74 Å². The third-order valence-electron chi connectivity index (χ3n) is 1.93. The van der Waals surface area contributed by atoms with Crippen LogP contribution in [0.25, 0.3) is 0 Å². The van der Waals surface area contributed by atoms with E-state index in [1.165, 1.54) is 13.1 Å². The quantitative estimate of drug-likeness (QED) is 0.790. The fourth-order valence-corrected chi connectivity index (χ4v) is 1.14. The second kappa shape index (κ2) is 5.17. The van der Waals surface area contributed by atoms with E-state index in [4.69, 9.17) is 0 Å². The lowest BCUT2D eigenvalue weighted by Crippen LogP contribution is -2.32. The maximum atomic E-state index is 11.7. The molecule has 0 aromatic carbocycles. The summed E-state index contributed by atoms with van der Waals surface area (Å²) in [4.78, 5) is 24.3. The van der Waals surface area contributed by atoms with Gasteiger partial charge in [-0.2, -0.15) is 13.2 Å². The number of halogens is 3. The molecule has 0 aliphatic heterocycles. The smallest absolute Gasteiger partial charge is 0.370 e. The lowest BCUT2D eigenvalue weighted by atomic mass is 10.4. The summed E-state index contributed by atoms with van der Waals surface area (Å²) < 4.78 is 40.7. The zero-order valence-electron chi connectivity index (χ0n) is 9.00. The Balaban J connectivity index is 2.56. The summed E-state index contributed by atoms with van der Waals surface area (Å²) in [6.07, 6.45) is -3.11. The highest BCUT2D eigenvalue weighted by molar-refractivity contribution is 5.00. The summed E-state index contributed by atoms with van der Waals surface area (Å²) in [6, 6.07) is 0. The first-order valence-corrected chi connectivity index (χ1v) is 4.74. The molecule has 1 aromatic heterocycles. The van der Waals surface area contributed by atoms with Gasteiger partial charge in [0.05, 0.1) is 13.2 Å². The third-order valence-corrected chi connectivity index (χ3v) is 1.93. The molecule has 0 bridgehead atoms. The number of ether oxygens (including phenoxy) is 1. The minimum Gasteiger partial charge on any atom is -0.370 e. The van der Waals surface area contributed by atoms with Gasteiger partial charge < -0.3 is 4.74 Å². The van der Waals surface area contributed by atoms with Crippen LogP contribution in [0.4, 0.5) is 13.2 Å². The molecule has 0 atom stereocenters. The second-order valence-corrected chi connectivity index (χ2v) is 3.43. The molecule has 1 heterocycles. The zero-order chi connectivity index (χ0) is 13.1. The summed E-state index contributed by atoms with van der Waals surface area (Å²) >= 11 is 0. The highest BCUT2D eigenvalue weighted by Gasteiger charge is 2.27. The predicted octanol–water partition coefficient (Wildman–Crippen LogP) is 0.424. The van der Waals surface area contributed by atoms with Crippen molar-refractivity contribution in [3.8, 4) is 0 Å². The molecule has 0 saturated heterocycles. The highest BCUT2D eigenvalue weighted by Crippen LogP contribution is 2.14. The van der Waals surface area contributed by atoms with Crippen LogP contribution in [0.1, 0.15) is 5.56 Å². The molecule has 1 N–H and O–H groups in total. The Morgan fingerprint density at radius 3 is 2.65 bits per heavy atom. The van der Waals surface area contributed by atoms with Crippen LogP contribution in [0.2, 0.25) is 0 Å². The van der Waals surface area contributed by atoms with Gasteiger partial charge >= 0.3 is 11.9 Å². The maximum Gasteiger partial charge on any atom is 0.411 e. The van der Waals surface area contributed by atoms with Crippen LogP contribution in [-0.2, 0) is 11.3 Å². The van der Waals surface area contributed by atoms with E-state index >= 15 is 0 Å². The fraction of sp³-hybridized carbons (Fsp3) is 0.556. The van der Waals surface area contributed by atoms with Crippen LogP contribution in [0.15, 0.2) is 15.8 Å². The van der Waals surface area contributed by atoms with Crippen molar-refractivity contribution < 1.29 is 17.9 Å². The molecule has 96 valence electrons. The second-order valence-electron chi connectivity index (χ2n) is 3.43. The summed E-state index contributed by atoms with van der Waals surface area (Å²) in [6.45, 7) is -0.174. The molecule has 1 aromatic rings. The van der Waals surface area contributed by atoms with Crippen LogP contribution >= 0.6 is 0 Å². The van der Waals surface area contributed by atoms with Crippen molar-refractivity contribution in [2.24, 2.45) is 0 Å². The first kappa shape index (κ1) is 13.5. The Bertz CT molecular complexity index is 489. The Kier molecular flexibility index (Phi) is 4.11. The fourth-order valence-electron chi connectivity index (χ4n) is 1.14. The monoisotopic (exact) mass is 252 g/mol. The lowest BCUT2D eigenvalue weighted by Gasteiger charge is -2.08. The summed E-state index contributed by atoms with van der Waals surface area (Å²) in [5, 5.41) is 0. The summed E-state index contributed by atoms with van der Waals surface area (Å²) in [5.41, 5.74) is -0.876. The molecule has 0 unspecified atom stereocenters. The van der Waals surface area contributed by atoms with Crippen molar-refractivity contribution in [3.05, 3.63) is 32.6 Å². The average Bonchev–Trinajstić information content (AvgIpc) is 2.18. The molecule has 8 heteroatoms. The number of alkyl halides is 3. The standard InChI is InChI=1S/C9H11F3N2O3/c1-6-4-14(8(16)13-7(6)15)2-3-17-5-9(10,11)12/h4H,2-3,5H2,1H3,(H,13,15,16). The zero-order valence-corrected chi connectivity index (χ0v) is 9.00. The van der Waals surface area contributed by atoms with Gasteiger partial charge in [0.1, 0.15) is 6.61 Å². The van der Waals surface area contributed by atoms with E-state index in [-0.39, 0.29) is 13.2 Å².